The van der Waals surface area contributed by atoms with Crippen LogP contribution in [-0.4, -0.2) is 11.0 Å². The van der Waals surface area contributed by atoms with E-state index in [0.717, 1.165) is 0 Å². The third-order valence-corrected chi connectivity index (χ3v) is 3.60. The predicted octanol–water partition coefficient (Wildman–Crippen LogP) is 4.84. The average Bonchev–Trinajstić information content (AvgIpc) is 2.74. The van der Waals surface area contributed by atoms with Crippen molar-refractivity contribution in [1.29, 1.82) is 0 Å². The lowest BCUT2D eigenvalue weighted by molar-refractivity contribution is -0.117. The quantitative estimate of drug-likeness (QED) is 0.255. The first-order valence-electron chi connectivity index (χ1n) is 8.31. The summed E-state index contributed by atoms with van der Waals surface area (Å²) < 4.78 is 0. The molecule has 3 aromatic rings. The Morgan fingerprint density at radius 3 is 1.96 bits per heavy atom. The molecule has 0 radical (unpaired) electrons. The van der Waals surface area contributed by atoms with Gasteiger partial charge in [0.1, 0.15) is 0 Å². The largest absolute Gasteiger partial charge is 0.505 e. The fourth-order valence-electron chi connectivity index (χ4n) is 2.25. The molecule has 0 aliphatic heterocycles. The highest BCUT2D eigenvalue weighted by molar-refractivity contribution is 5.99. The maximum absolute atomic E-state index is 12.6. The molecule has 0 saturated carbocycles. The summed E-state index contributed by atoms with van der Waals surface area (Å²) in [6.45, 7) is 0. The molecule has 0 unspecified atom stereocenters. The lowest BCUT2D eigenvalue weighted by Crippen LogP contribution is -2.30. The molecular formula is C21H18N4O2. The molecule has 0 aliphatic rings. The van der Waals surface area contributed by atoms with Crippen LogP contribution >= 0.6 is 0 Å². The van der Waals surface area contributed by atoms with E-state index in [9.17, 15) is 9.90 Å². The number of carbonyl (C=O) groups is 1. The van der Waals surface area contributed by atoms with Crippen molar-refractivity contribution in [3.63, 3.8) is 0 Å². The zero-order chi connectivity index (χ0) is 18.9. The van der Waals surface area contributed by atoms with E-state index in [2.05, 4.69) is 21.1 Å². The number of amides is 1. The number of nitrogens with one attached hydrogen (secondary N) is 2. The van der Waals surface area contributed by atoms with Crippen molar-refractivity contribution >= 4 is 23.0 Å². The zero-order valence-electron chi connectivity index (χ0n) is 14.4. The van der Waals surface area contributed by atoms with Gasteiger partial charge in [-0.2, -0.15) is 5.11 Å². The standard InChI is InChI=1S/C21H18N4O2/c26-20(16-10-4-1-5-11-16)19(24-22-17-12-6-2-7-13-17)21(27)25-23-18-14-8-3-9-15-18/h1-15,23,26H,(H,25,27)/b20-19+,24-22?. The summed E-state index contributed by atoms with van der Waals surface area (Å²) in [4.78, 5) is 12.6. The van der Waals surface area contributed by atoms with E-state index >= 15 is 0 Å². The van der Waals surface area contributed by atoms with Gasteiger partial charge >= 0.3 is 0 Å². The highest BCUT2D eigenvalue weighted by atomic mass is 16.3. The molecule has 6 nitrogen and oxygen atoms in total. The summed E-state index contributed by atoms with van der Waals surface area (Å²) in [5.41, 5.74) is 6.84. The van der Waals surface area contributed by atoms with Gasteiger partial charge < -0.3 is 5.11 Å². The summed E-state index contributed by atoms with van der Waals surface area (Å²) in [6.07, 6.45) is 0. The number of carbonyl (C=O) groups excluding carboxylic acids is 1. The summed E-state index contributed by atoms with van der Waals surface area (Å²) in [5.74, 6) is -0.873. The van der Waals surface area contributed by atoms with Crippen molar-refractivity contribution in [1.82, 2.24) is 5.43 Å². The number of azo groups is 1. The Morgan fingerprint density at radius 1 is 0.778 bits per heavy atom. The Labute approximate surface area is 156 Å². The Kier molecular flexibility index (Phi) is 5.93. The second-order valence-corrected chi connectivity index (χ2v) is 5.54. The molecule has 0 atom stereocenters. The van der Waals surface area contributed by atoms with Crippen molar-refractivity contribution in [2.24, 2.45) is 10.2 Å². The second kappa shape index (κ2) is 8.96. The highest BCUT2D eigenvalue weighted by Gasteiger charge is 2.17. The lowest BCUT2D eigenvalue weighted by atomic mass is 10.1. The first-order valence-corrected chi connectivity index (χ1v) is 8.31. The maximum atomic E-state index is 12.6. The van der Waals surface area contributed by atoms with Crippen molar-refractivity contribution in [2.75, 3.05) is 5.43 Å². The van der Waals surface area contributed by atoms with Gasteiger partial charge in [0.15, 0.2) is 11.5 Å². The molecule has 27 heavy (non-hydrogen) atoms. The molecule has 0 aromatic heterocycles. The number of anilines is 1. The van der Waals surface area contributed by atoms with Crippen LogP contribution < -0.4 is 10.9 Å². The normalized spacial score (nSPS) is 11.7. The highest BCUT2D eigenvalue weighted by Crippen LogP contribution is 2.20. The number of hydrogen-bond donors (Lipinski definition) is 3. The van der Waals surface area contributed by atoms with E-state index in [1.807, 2.05) is 42.5 Å². The van der Waals surface area contributed by atoms with Crippen molar-refractivity contribution in [3.8, 4) is 0 Å². The van der Waals surface area contributed by atoms with Crippen LogP contribution in [0.4, 0.5) is 11.4 Å². The van der Waals surface area contributed by atoms with Crippen LogP contribution in [0.5, 0.6) is 0 Å². The summed E-state index contributed by atoms with van der Waals surface area (Å²) in [7, 11) is 0. The Hall–Kier alpha value is -3.93. The minimum absolute atomic E-state index is 0.200. The van der Waals surface area contributed by atoms with Gasteiger partial charge in [0.05, 0.1) is 11.4 Å². The number of hydrazine groups is 1. The second-order valence-electron chi connectivity index (χ2n) is 5.54. The molecule has 0 aliphatic carbocycles. The van der Waals surface area contributed by atoms with Gasteiger partial charge in [-0.25, -0.2) is 0 Å². The third kappa shape index (κ3) is 5.02. The Balaban J connectivity index is 1.87. The lowest BCUT2D eigenvalue weighted by Gasteiger charge is -2.10. The molecule has 3 rings (SSSR count). The van der Waals surface area contributed by atoms with Gasteiger partial charge in [-0.1, -0.05) is 66.7 Å². The SMILES string of the molecule is O=C(NNc1ccccc1)/C(N=Nc1ccccc1)=C(\O)c1ccccc1. The van der Waals surface area contributed by atoms with E-state index < -0.39 is 5.91 Å². The van der Waals surface area contributed by atoms with Crippen molar-refractivity contribution < 1.29 is 9.90 Å². The minimum Gasteiger partial charge on any atom is -0.505 e. The number of aliphatic hydroxyl groups excluding tert-OH is 1. The monoisotopic (exact) mass is 358 g/mol. The van der Waals surface area contributed by atoms with Crippen molar-refractivity contribution in [2.45, 2.75) is 0 Å². The average molecular weight is 358 g/mol. The molecule has 0 saturated heterocycles. The van der Waals surface area contributed by atoms with E-state index in [-0.39, 0.29) is 11.5 Å². The van der Waals surface area contributed by atoms with Crippen LogP contribution in [-0.2, 0) is 4.79 Å². The van der Waals surface area contributed by atoms with E-state index in [0.29, 0.717) is 16.9 Å². The number of hydrogen-bond acceptors (Lipinski definition) is 5. The molecule has 3 aromatic carbocycles. The van der Waals surface area contributed by atoms with Crippen LogP contribution in [0.25, 0.3) is 5.76 Å². The number of rotatable bonds is 6. The maximum Gasteiger partial charge on any atom is 0.294 e. The van der Waals surface area contributed by atoms with Crippen LogP contribution in [0, 0.1) is 0 Å². The fraction of sp³-hybridized carbons (Fsp3) is 0. The van der Waals surface area contributed by atoms with E-state index in [4.69, 9.17) is 0 Å². The van der Waals surface area contributed by atoms with E-state index in [1.54, 1.807) is 48.5 Å². The molecular weight excluding hydrogens is 340 g/mol. The number of benzene rings is 3. The summed E-state index contributed by atoms with van der Waals surface area (Å²) in [6, 6.07) is 26.8. The Morgan fingerprint density at radius 2 is 1.33 bits per heavy atom. The fourth-order valence-corrected chi connectivity index (χ4v) is 2.25. The molecule has 6 heteroatoms. The van der Waals surface area contributed by atoms with Gasteiger partial charge in [-0.15, -0.1) is 5.11 Å². The number of nitrogens with zero attached hydrogens (tertiary/aromatic N) is 2. The van der Waals surface area contributed by atoms with Crippen LogP contribution in [0.2, 0.25) is 0 Å². The molecule has 134 valence electrons. The Bertz CT molecular complexity index is 940. The predicted molar refractivity (Wildman–Crippen MR) is 105 cm³/mol. The van der Waals surface area contributed by atoms with Gasteiger partial charge in [0.25, 0.3) is 5.91 Å². The molecule has 0 fully saturated rings. The number of aliphatic hydroxyl groups is 1. The molecule has 0 heterocycles. The minimum atomic E-state index is -0.611. The zero-order valence-corrected chi connectivity index (χ0v) is 14.4. The van der Waals surface area contributed by atoms with Gasteiger partial charge in [0, 0.05) is 5.56 Å². The first kappa shape index (κ1) is 17.9. The molecule has 1 amide bonds. The van der Waals surface area contributed by atoms with E-state index in [1.165, 1.54) is 0 Å². The van der Waals surface area contributed by atoms with Crippen LogP contribution in [0.15, 0.2) is 107 Å². The van der Waals surface area contributed by atoms with Crippen LogP contribution in [0.3, 0.4) is 0 Å². The van der Waals surface area contributed by atoms with Gasteiger partial charge in [-0.3, -0.25) is 15.6 Å². The van der Waals surface area contributed by atoms with Gasteiger partial charge in [-0.05, 0) is 24.3 Å². The summed E-state index contributed by atoms with van der Waals surface area (Å²) in [5, 5.41) is 18.6. The van der Waals surface area contributed by atoms with Crippen LogP contribution in [0.1, 0.15) is 5.56 Å². The van der Waals surface area contributed by atoms with Crippen molar-refractivity contribution in [3.05, 3.63) is 102 Å². The third-order valence-electron chi connectivity index (χ3n) is 3.60. The molecule has 0 bridgehead atoms. The topological polar surface area (TPSA) is 86.1 Å². The molecule has 3 N–H and O–H groups in total. The molecule has 0 spiro atoms. The number of para-hydroxylation sites is 1. The summed E-state index contributed by atoms with van der Waals surface area (Å²) >= 11 is 0. The smallest absolute Gasteiger partial charge is 0.294 e. The first-order chi connectivity index (χ1) is 13.2. The van der Waals surface area contributed by atoms with Gasteiger partial charge in [0.2, 0.25) is 0 Å².